The fraction of sp³-hybridized carbons (Fsp3) is 0.586. The fourth-order valence-electron chi connectivity index (χ4n) is 5.84. The topological polar surface area (TPSA) is 83.9 Å². The maximum atomic E-state index is 14.3. The number of benzene rings is 1. The van der Waals surface area contributed by atoms with Crippen LogP contribution in [-0.2, 0) is 27.1 Å². The third-order valence-electron chi connectivity index (χ3n) is 7.78. The van der Waals surface area contributed by atoms with Crippen LogP contribution in [0.4, 0.5) is 10.2 Å². The number of hydrogen-bond acceptors (Lipinski definition) is 6. The Labute approximate surface area is 218 Å². The number of carboxylic acid groups (broad SMARTS) is 1. The summed E-state index contributed by atoms with van der Waals surface area (Å²) >= 11 is 0. The average Bonchev–Trinajstić information content (AvgIpc) is 3.37. The highest BCUT2D eigenvalue weighted by molar-refractivity contribution is 5.76. The van der Waals surface area contributed by atoms with Crippen LogP contribution in [0.15, 0.2) is 30.3 Å². The Morgan fingerprint density at radius 2 is 2.14 bits per heavy atom. The monoisotopic (exact) mass is 511 g/mol. The number of aryl methyl sites for hydroxylation is 2. The van der Waals surface area contributed by atoms with E-state index in [0.717, 1.165) is 81.4 Å². The molecule has 0 saturated carbocycles. The van der Waals surface area contributed by atoms with E-state index in [4.69, 9.17) is 14.5 Å². The summed E-state index contributed by atoms with van der Waals surface area (Å²) in [6, 6.07) is 7.90. The van der Waals surface area contributed by atoms with Crippen molar-refractivity contribution in [3.8, 4) is 0 Å². The Kier molecular flexibility index (Phi) is 8.69. The number of hydrogen-bond donors (Lipinski definition) is 2. The molecule has 0 radical (unpaired) electrons. The summed E-state index contributed by atoms with van der Waals surface area (Å²) < 4.78 is 26.3. The first-order chi connectivity index (χ1) is 18.1. The molecule has 2 N–H and O–H groups in total. The Hall–Kier alpha value is -2.55. The molecule has 3 aliphatic rings. The van der Waals surface area contributed by atoms with E-state index in [1.165, 1.54) is 17.7 Å². The van der Waals surface area contributed by atoms with Crippen LogP contribution in [0.3, 0.4) is 0 Å². The SMILES string of the molecule is O=C(O)[C@H](c1cc(F)ccc1[C@H]1CCCCO1)N1CC[C@H](OCCCCc2ccc3c(n2)NCCC3)C1. The standard InChI is InChI=1S/C29H38FN3O4/c30-21-10-12-24(26-8-2-4-17-37-26)25(18-21)27(29(34)35)33-15-13-23(19-33)36-16-3-1-7-22-11-9-20-6-5-14-31-28(20)32-22/h9-12,18,23,26-27H,1-8,13-17,19H2,(H,31,32)(H,34,35)/t23-,26+,27-/m0/s1. The third-order valence-corrected chi connectivity index (χ3v) is 7.78. The number of carboxylic acids is 1. The van der Waals surface area contributed by atoms with Gasteiger partial charge in [-0.1, -0.05) is 12.1 Å². The summed E-state index contributed by atoms with van der Waals surface area (Å²) in [4.78, 5) is 19.1. The molecule has 0 unspecified atom stereocenters. The van der Waals surface area contributed by atoms with E-state index in [2.05, 4.69) is 17.4 Å². The maximum Gasteiger partial charge on any atom is 0.325 e. The molecule has 8 heteroatoms. The van der Waals surface area contributed by atoms with Gasteiger partial charge in [0.05, 0.1) is 12.2 Å². The smallest absolute Gasteiger partial charge is 0.325 e. The number of pyridine rings is 1. The highest BCUT2D eigenvalue weighted by atomic mass is 19.1. The molecule has 0 amide bonds. The molecule has 3 atom stereocenters. The predicted octanol–water partition coefficient (Wildman–Crippen LogP) is 5.06. The van der Waals surface area contributed by atoms with Crippen molar-refractivity contribution in [3.05, 3.63) is 58.5 Å². The zero-order valence-corrected chi connectivity index (χ0v) is 21.5. The van der Waals surface area contributed by atoms with E-state index in [9.17, 15) is 14.3 Å². The predicted molar refractivity (Wildman–Crippen MR) is 139 cm³/mol. The van der Waals surface area contributed by atoms with Crippen LogP contribution in [0.1, 0.15) is 79.5 Å². The molecule has 4 heterocycles. The van der Waals surface area contributed by atoms with Gasteiger partial charge in [-0.15, -0.1) is 0 Å². The van der Waals surface area contributed by atoms with E-state index >= 15 is 0 Å². The summed E-state index contributed by atoms with van der Waals surface area (Å²) in [5.41, 5.74) is 3.72. The van der Waals surface area contributed by atoms with Gasteiger partial charge in [0.1, 0.15) is 17.7 Å². The van der Waals surface area contributed by atoms with Crippen LogP contribution >= 0.6 is 0 Å². The van der Waals surface area contributed by atoms with Gasteiger partial charge in [-0.2, -0.15) is 0 Å². The van der Waals surface area contributed by atoms with Gasteiger partial charge in [0.25, 0.3) is 0 Å². The molecule has 5 rings (SSSR count). The molecule has 2 aromatic rings. The molecular formula is C29H38FN3O4. The number of unbranched alkanes of at least 4 members (excludes halogenated alkanes) is 1. The van der Waals surface area contributed by atoms with Crippen molar-refractivity contribution in [2.75, 3.05) is 38.2 Å². The first-order valence-corrected chi connectivity index (χ1v) is 13.8. The van der Waals surface area contributed by atoms with Crippen molar-refractivity contribution in [2.45, 2.75) is 76.0 Å². The molecule has 37 heavy (non-hydrogen) atoms. The Morgan fingerprint density at radius 3 is 2.97 bits per heavy atom. The van der Waals surface area contributed by atoms with Crippen LogP contribution in [0.5, 0.6) is 0 Å². The Balaban J connectivity index is 1.13. The van der Waals surface area contributed by atoms with Crippen LogP contribution in [-0.4, -0.2) is 59.9 Å². The summed E-state index contributed by atoms with van der Waals surface area (Å²) in [6.07, 6.45) is 8.53. The number of nitrogens with one attached hydrogen (secondary N) is 1. The average molecular weight is 512 g/mol. The third kappa shape index (κ3) is 6.48. The molecule has 1 aromatic carbocycles. The number of anilines is 1. The van der Waals surface area contributed by atoms with Crippen LogP contribution in [0, 0.1) is 5.82 Å². The van der Waals surface area contributed by atoms with Crippen molar-refractivity contribution in [1.29, 1.82) is 0 Å². The van der Waals surface area contributed by atoms with Crippen LogP contribution < -0.4 is 5.32 Å². The number of rotatable bonds is 10. The lowest BCUT2D eigenvalue weighted by Gasteiger charge is -2.30. The number of halogens is 1. The highest BCUT2D eigenvalue weighted by Crippen LogP contribution is 2.36. The van der Waals surface area contributed by atoms with E-state index in [1.54, 1.807) is 6.07 Å². The quantitative estimate of drug-likeness (QED) is 0.432. The number of fused-ring (bicyclic) bond motifs is 1. The number of aromatic nitrogens is 1. The van der Waals surface area contributed by atoms with Gasteiger partial charge in [0.2, 0.25) is 0 Å². The van der Waals surface area contributed by atoms with Gasteiger partial charge >= 0.3 is 5.97 Å². The molecule has 3 aliphatic heterocycles. The van der Waals surface area contributed by atoms with Gasteiger partial charge < -0.3 is 19.9 Å². The van der Waals surface area contributed by atoms with Crippen molar-refractivity contribution < 1.29 is 23.8 Å². The van der Waals surface area contributed by atoms with Gasteiger partial charge in [0, 0.05) is 38.5 Å². The summed E-state index contributed by atoms with van der Waals surface area (Å²) in [5.74, 6) is -0.345. The van der Waals surface area contributed by atoms with Crippen molar-refractivity contribution in [3.63, 3.8) is 0 Å². The number of likely N-dealkylation sites (tertiary alicyclic amines) is 1. The first kappa shape index (κ1) is 26.1. The van der Waals surface area contributed by atoms with Gasteiger partial charge in [-0.05, 0) is 92.7 Å². The number of ether oxygens (including phenoxy) is 2. The van der Waals surface area contributed by atoms with Crippen LogP contribution in [0.25, 0.3) is 0 Å². The van der Waals surface area contributed by atoms with Crippen LogP contribution in [0.2, 0.25) is 0 Å². The second-order valence-electron chi connectivity index (χ2n) is 10.4. The van der Waals surface area contributed by atoms with Gasteiger partial charge in [-0.3, -0.25) is 9.69 Å². The molecule has 0 spiro atoms. The van der Waals surface area contributed by atoms with Gasteiger partial charge in [0.15, 0.2) is 0 Å². The fourth-order valence-corrected chi connectivity index (χ4v) is 5.84. The largest absolute Gasteiger partial charge is 0.480 e. The Bertz CT molecular complexity index is 1080. The summed E-state index contributed by atoms with van der Waals surface area (Å²) in [5, 5.41) is 13.5. The summed E-state index contributed by atoms with van der Waals surface area (Å²) in [7, 11) is 0. The number of aliphatic carboxylic acids is 1. The van der Waals surface area contributed by atoms with E-state index in [-0.39, 0.29) is 12.2 Å². The Morgan fingerprint density at radius 1 is 1.22 bits per heavy atom. The molecule has 0 bridgehead atoms. The minimum atomic E-state index is -0.963. The van der Waals surface area contributed by atoms with E-state index in [1.807, 2.05) is 4.90 Å². The minimum absolute atomic E-state index is 0.0177. The second kappa shape index (κ2) is 12.3. The molecule has 2 fully saturated rings. The van der Waals surface area contributed by atoms with Crippen molar-refractivity contribution in [2.24, 2.45) is 0 Å². The van der Waals surface area contributed by atoms with Crippen molar-refractivity contribution in [1.82, 2.24) is 9.88 Å². The number of carbonyl (C=O) groups is 1. The zero-order chi connectivity index (χ0) is 25.6. The first-order valence-electron chi connectivity index (χ1n) is 13.8. The molecule has 200 valence electrons. The lowest BCUT2D eigenvalue weighted by molar-refractivity contribution is -0.143. The highest BCUT2D eigenvalue weighted by Gasteiger charge is 2.36. The number of nitrogens with zero attached hydrogens (tertiary/aromatic N) is 2. The van der Waals surface area contributed by atoms with E-state index < -0.39 is 17.8 Å². The molecular weight excluding hydrogens is 473 g/mol. The second-order valence-corrected chi connectivity index (χ2v) is 10.4. The molecule has 7 nitrogen and oxygen atoms in total. The lowest BCUT2D eigenvalue weighted by atomic mass is 9.92. The normalized spacial score (nSPS) is 22.8. The summed E-state index contributed by atoms with van der Waals surface area (Å²) in [6.45, 7) is 3.41. The van der Waals surface area contributed by atoms with Gasteiger partial charge in [-0.25, -0.2) is 9.37 Å². The van der Waals surface area contributed by atoms with E-state index in [0.29, 0.717) is 31.9 Å². The maximum absolute atomic E-state index is 14.3. The zero-order valence-electron chi connectivity index (χ0n) is 21.5. The molecule has 0 aliphatic carbocycles. The van der Waals surface area contributed by atoms with Crippen molar-refractivity contribution >= 4 is 11.8 Å². The lowest BCUT2D eigenvalue weighted by Crippen LogP contribution is -2.34. The molecule has 2 saturated heterocycles. The molecule has 1 aromatic heterocycles. The minimum Gasteiger partial charge on any atom is -0.480 e.